The number of Topliss-reactive ketones (excluding diaryl/α,β-unsaturated/α-hetero) is 1. The lowest BCUT2D eigenvalue weighted by molar-refractivity contribution is -0.191. The molecule has 0 saturated heterocycles. The van der Waals surface area contributed by atoms with Crippen LogP contribution >= 0.6 is 0 Å². The highest BCUT2D eigenvalue weighted by Crippen LogP contribution is 2.32. The van der Waals surface area contributed by atoms with Crippen molar-refractivity contribution in [2.45, 2.75) is 84.7 Å². The van der Waals surface area contributed by atoms with Crippen molar-refractivity contribution in [2.75, 3.05) is 0 Å². The number of rotatable bonds is 19. The van der Waals surface area contributed by atoms with Crippen LogP contribution < -0.4 is 10.3 Å². The molecule has 0 amide bonds. The second-order valence-corrected chi connectivity index (χ2v) is 17.5. The van der Waals surface area contributed by atoms with Gasteiger partial charge in [-0.05, 0) is 97.2 Å². The summed E-state index contributed by atoms with van der Waals surface area (Å²) in [6.45, 7) is 8.50. The minimum Gasteiger partial charge on any atom is -0.486 e. The molecule has 3 aromatic heterocycles. The predicted octanol–water partition coefficient (Wildman–Crippen LogP) is 12.5. The van der Waals surface area contributed by atoms with Gasteiger partial charge in [0.2, 0.25) is 0 Å². The Labute approximate surface area is 414 Å². The SMILES string of the molecule is CCCn1cc(C(=O)CCc2ccc(OC(C)c3ccc(C)cc3)cc2)c2ccccc21.O=C=O.O=COCn1cc(CCCn2cc(C(c3ccccc3)c3ccccc3)ccc2=O)c2ccccc21. The van der Waals surface area contributed by atoms with Gasteiger partial charge in [-0.1, -0.05) is 152 Å². The highest BCUT2D eigenvalue weighted by Gasteiger charge is 2.19. The third kappa shape index (κ3) is 13.3. The molecule has 0 saturated carbocycles. The third-order valence-corrected chi connectivity index (χ3v) is 12.6. The lowest BCUT2D eigenvalue weighted by Crippen LogP contribution is -2.20. The topological polar surface area (TPSA) is 119 Å². The van der Waals surface area contributed by atoms with Gasteiger partial charge in [0, 0.05) is 71.9 Å². The maximum atomic E-state index is 13.0. The maximum absolute atomic E-state index is 13.0. The molecule has 0 spiro atoms. The van der Waals surface area contributed by atoms with E-state index in [0.717, 1.165) is 82.0 Å². The number of ether oxygens (including phenoxy) is 2. The number of carbonyl (C=O) groups excluding carboxylic acids is 4. The largest absolute Gasteiger partial charge is 0.486 e. The van der Waals surface area contributed by atoms with Gasteiger partial charge < -0.3 is 23.2 Å². The van der Waals surface area contributed by atoms with E-state index < -0.39 is 0 Å². The maximum Gasteiger partial charge on any atom is 0.373 e. The number of aromatic nitrogens is 3. The van der Waals surface area contributed by atoms with Crippen LogP contribution in [0, 0.1) is 6.92 Å². The van der Waals surface area contributed by atoms with E-state index in [-0.39, 0.29) is 36.2 Å². The van der Waals surface area contributed by atoms with Crippen molar-refractivity contribution in [3.63, 3.8) is 0 Å². The second kappa shape index (κ2) is 25.3. The van der Waals surface area contributed by atoms with Crippen molar-refractivity contribution in [3.05, 3.63) is 243 Å². The normalized spacial score (nSPS) is 11.2. The van der Waals surface area contributed by atoms with Crippen molar-refractivity contribution in [2.24, 2.45) is 0 Å². The van der Waals surface area contributed by atoms with Crippen molar-refractivity contribution in [1.29, 1.82) is 0 Å². The van der Waals surface area contributed by atoms with E-state index in [1.165, 1.54) is 22.3 Å². The molecule has 3 heterocycles. The Morgan fingerprint density at radius 3 is 1.85 bits per heavy atom. The first-order valence-electron chi connectivity index (χ1n) is 24.1. The molecule has 0 radical (unpaired) electrons. The monoisotopic (exact) mass is 945 g/mol. The van der Waals surface area contributed by atoms with Gasteiger partial charge in [0.05, 0.1) is 5.52 Å². The molecule has 9 aromatic rings. The second-order valence-electron chi connectivity index (χ2n) is 17.5. The van der Waals surface area contributed by atoms with Gasteiger partial charge in [-0.15, -0.1) is 0 Å². The molecule has 0 aliphatic heterocycles. The van der Waals surface area contributed by atoms with Gasteiger partial charge in [0.1, 0.15) is 11.9 Å². The molecule has 0 bridgehead atoms. The summed E-state index contributed by atoms with van der Waals surface area (Å²) in [7, 11) is 0. The van der Waals surface area contributed by atoms with E-state index >= 15 is 0 Å². The van der Waals surface area contributed by atoms with Crippen LogP contribution in [0.3, 0.4) is 0 Å². The Kier molecular flexibility index (Phi) is 18.0. The number of carbonyl (C=O) groups is 2. The molecule has 360 valence electrons. The third-order valence-electron chi connectivity index (χ3n) is 12.6. The summed E-state index contributed by atoms with van der Waals surface area (Å²) >= 11 is 0. The number of pyridine rings is 1. The zero-order valence-corrected chi connectivity index (χ0v) is 40.5. The molecule has 9 rings (SSSR count). The van der Waals surface area contributed by atoms with Gasteiger partial charge in [-0.2, -0.15) is 9.59 Å². The summed E-state index contributed by atoms with van der Waals surface area (Å²) in [6, 6.07) is 57.3. The van der Waals surface area contributed by atoms with Crippen molar-refractivity contribution in [3.8, 4) is 5.75 Å². The van der Waals surface area contributed by atoms with Gasteiger partial charge in [-0.3, -0.25) is 14.4 Å². The van der Waals surface area contributed by atoms with Gasteiger partial charge >= 0.3 is 6.15 Å². The van der Waals surface area contributed by atoms with Gasteiger partial charge in [0.25, 0.3) is 12.0 Å². The standard InChI is InChI=1S/C31H28N2O3.C29H31NO2.CO2/c34-23-36-22-33-20-26(28-15-7-8-16-29(28)33)14-9-19-32-21-27(17-18-30(32)35)31(24-10-3-1-4-11-24)25-12-5-2-6-13-25;1-4-19-30-20-27(26-7-5-6-8-28(26)30)29(31)18-13-23-11-16-25(17-12-23)32-22(3)24-14-9-21(2)10-15-24;2-1-3/h1-8,10-13,15-18,20-21,23,31H,9,14,19,22H2;5-12,14-17,20,22H,4,13,18-19H2,1-3H3;. The fourth-order valence-corrected chi connectivity index (χ4v) is 9.07. The molecule has 0 N–H and O–H groups in total. The smallest absolute Gasteiger partial charge is 0.373 e. The summed E-state index contributed by atoms with van der Waals surface area (Å²) in [5.41, 5.74) is 11.2. The van der Waals surface area contributed by atoms with Crippen molar-refractivity contribution < 1.29 is 28.7 Å². The molecule has 0 fully saturated rings. The van der Waals surface area contributed by atoms with Crippen LogP contribution in [0.2, 0.25) is 0 Å². The average Bonchev–Trinajstić information content (AvgIpc) is 3.95. The lowest BCUT2D eigenvalue weighted by atomic mass is 9.86. The van der Waals surface area contributed by atoms with Crippen molar-refractivity contribution in [1.82, 2.24) is 13.7 Å². The van der Waals surface area contributed by atoms with E-state index in [4.69, 9.17) is 19.1 Å². The first-order valence-corrected chi connectivity index (χ1v) is 24.1. The Morgan fingerprint density at radius 2 is 1.21 bits per heavy atom. The van der Waals surface area contributed by atoms with E-state index in [1.54, 1.807) is 6.07 Å². The first kappa shape index (κ1) is 50.5. The molecule has 0 aliphatic rings. The number of hydrogen-bond acceptors (Lipinski definition) is 7. The van der Waals surface area contributed by atoms with Gasteiger partial charge in [0.15, 0.2) is 12.5 Å². The van der Waals surface area contributed by atoms with E-state index in [9.17, 15) is 14.4 Å². The average molecular weight is 946 g/mol. The number of ketones is 1. The Bertz CT molecular complexity index is 3180. The molecule has 6 aromatic carbocycles. The fraction of sp³-hybridized carbons (Fsp3) is 0.213. The number of fused-ring (bicyclic) bond motifs is 2. The van der Waals surface area contributed by atoms with Crippen LogP contribution in [0.1, 0.15) is 94.4 Å². The molecule has 71 heavy (non-hydrogen) atoms. The van der Waals surface area contributed by atoms with E-state index in [0.29, 0.717) is 19.4 Å². The quantitative estimate of drug-likeness (QED) is 0.0585. The minimum atomic E-state index is -0.0107. The summed E-state index contributed by atoms with van der Waals surface area (Å²) in [5.74, 6) is 1.09. The number of aryl methyl sites for hydroxylation is 5. The Hall–Kier alpha value is -8.33. The zero-order valence-electron chi connectivity index (χ0n) is 40.5. The number of para-hydroxylation sites is 2. The van der Waals surface area contributed by atoms with Gasteiger partial charge in [-0.25, -0.2) is 0 Å². The fourth-order valence-electron chi connectivity index (χ4n) is 9.07. The van der Waals surface area contributed by atoms with Crippen molar-refractivity contribution >= 4 is 40.2 Å². The summed E-state index contributed by atoms with van der Waals surface area (Å²) < 4.78 is 17.0. The Balaban J connectivity index is 0.000000199. The van der Waals surface area contributed by atoms with Crippen LogP contribution in [0.15, 0.2) is 193 Å². The van der Waals surface area contributed by atoms with Crippen LogP contribution in [-0.2, 0) is 51.8 Å². The van der Waals surface area contributed by atoms with E-state index in [2.05, 4.69) is 128 Å². The highest BCUT2D eigenvalue weighted by molar-refractivity contribution is 6.08. The lowest BCUT2D eigenvalue weighted by Gasteiger charge is -2.20. The summed E-state index contributed by atoms with van der Waals surface area (Å²) in [5, 5.41) is 2.20. The molecular weight excluding hydrogens is 887 g/mol. The molecular formula is C61H59N3O7. The number of nitrogens with zero attached hydrogens (tertiary/aromatic N) is 3. The number of benzene rings is 6. The predicted molar refractivity (Wildman–Crippen MR) is 278 cm³/mol. The van der Waals surface area contributed by atoms with Crippen LogP contribution in [0.25, 0.3) is 21.8 Å². The molecule has 0 aliphatic carbocycles. The summed E-state index contributed by atoms with van der Waals surface area (Å²) in [4.78, 5) is 52.7. The molecule has 1 unspecified atom stereocenters. The summed E-state index contributed by atoms with van der Waals surface area (Å²) in [6.07, 6.45) is 10.2. The van der Waals surface area contributed by atoms with Crippen LogP contribution in [0.4, 0.5) is 0 Å². The van der Waals surface area contributed by atoms with E-state index in [1.807, 2.05) is 88.4 Å². The highest BCUT2D eigenvalue weighted by atomic mass is 16.5. The molecule has 10 nitrogen and oxygen atoms in total. The minimum absolute atomic E-state index is 0.000402. The van der Waals surface area contributed by atoms with Crippen LogP contribution in [-0.4, -0.2) is 32.1 Å². The number of hydrogen-bond donors (Lipinski definition) is 0. The molecule has 1 atom stereocenters. The zero-order chi connectivity index (χ0) is 50.0. The van der Waals surface area contributed by atoms with Crippen LogP contribution in [0.5, 0.6) is 5.75 Å². The molecule has 10 heteroatoms. The first-order chi connectivity index (χ1) is 34.7. The Morgan fingerprint density at radius 1 is 0.620 bits per heavy atom.